The van der Waals surface area contributed by atoms with Crippen molar-refractivity contribution in [3.05, 3.63) is 46.5 Å². The van der Waals surface area contributed by atoms with E-state index in [9.17, 15) is 0 Å². The van der Waals surface area contributed by atoms with E-state index in [0.717, 1.165) is 0 Å². The van der Waals surface area contributed by atoms with Crippen molar-refractivity contribution in [2.75, 3.05) is 0 Å². The average molecular weight is 188 g/mol. The molecule has 0 saturated carbocycles. The van der Waals surface area contributed by atoms with Gasteiger partial charge in [0.25, 0.3) is 0 Å². The summed E-state index contributed by atoms with van der Waals surface area (Å²) in [6, 6.07) is 8.65. The molecule has 0 spiro atoms. The summed E-state index contributed by atoms with van der Waals surface area (Å²) in [5.41, 5.74) is 5.87. The van der Waals surface area contributed by atoms with Gasteiger partial charge in [0.05, 0.1) is 0 Å². The van der Waals surface area contributed by atoms with E-state index in [2.05, 4.69) is 52.0 Å². The molecule has 0 N–H and O–H groups in total. The van der Waals surface area contributed by atoms with Gasteiger partial charge in [-0.1, -0.05) is 35.4 Å². The van der Waals surface area contributed by atoms with Gasteiger partial charge in [-0.05, 0) is 51.7 Å². The van der Waals surface area contributed by atoms with Crippen LogP contribution in [0.15, 0.2) is 35.4 Å². The highest BCUT2D eigenvalue weighted by Crippen LogP contribution is 2.14. The molecule has 0 heterocycles. The van der Waals surface area contributed by atoms with E-state index in [1.807, 2.05) is 0 Å². The molecule has 1 aromatic rings. The Kier molecular flexibility index (Phi) is 3.94. The van der Waals surface area contributed by atoms with Crippen LogP contribution in [-0.2, 0) is 6.42 Å². The quantitative estimate of drug-likeness (QED) is 0.621. The van der Waals surface area contributed by atoms with E-state index in [1.165, 1.54) is 35.1 Å². The smallest absolute Gasteiger partial charge is 0.0239 e. The Hall–Kier alpha value is -1.04. The Labute approximate surface area is 87.7 Å². The van der Waals surface area contributed by atoms with Crippen molar-refractivity contribution in [3.8, 4) is 0 Å². The minimum atomic E-state index is 1.17. The Balaban J connectivity index is 2.63. The van der Waals surface area contributed by atoms with Crippen LogP contribution in [0.2, 0.25) is 0 Å². The zero-order chi connectivity index (χ0) is 10.6. The summed E-state index contributed by atoms with van der Waals surface area (Å²) in [5.74, 6) is 0. The maximum Gasteiger partial charge on any atom is -0.0239 e. The Bertz CT molecular complexity index is 328. The highest BCUT2D eigenvalue weighted by Gasteiger charge is 1.98. The van der Waals surface area contributed by atoms with Gasteiger partial charge in [0.2, 0.25) is 0 Å². The number of hydrogen-bond acceptors (Lipinski definition) is 0. The summed E-state index contributed by atoms with van der Waals surface area (Å²) in [7, 11) is 0. The molecule has 0 unspecified atom stereocenters. The first-order valence-corrected chi connectivity index (χ1v) is 5.28. The fourth-order valence-electron chi connectivity index (χ4n) is 1.46. The number of rotatable bonds is 3. The minimum Gasteiger partial charge on any atom is -0.0775 e. The third kappa shape index (κ3) is 3.02. The topological polar surface area (TPSA) is 0 Å². The molecule has 0 radical (unpaired) electrons. The zero-order valence-corrected chi connectivity index (χ0v) is 9.72. The molecule has 0 atom stereocenters. The van der Waals surface area contributed by atoms with E-state index >= 15 is 0 Å². The largest absolute Gasteiger partial charge is 0.0775 e. The van der Waals surface area contributed by atoms with Crippen molar-refractivity contribution in [3.63, 3.8) is 0 Å². The van der Waals surface area contributed by atoms with Crippen LogP contribution >= 0.6 is 0 Å². The highest BCUT2D eigenvalue weighted by molar-refractivity contribution is 5.26. The lowest BCUT2D eigenvalue weighted by molar-refractivity contribution is 0.914. The second-order valence-corrected chi connectivity index (χ2v) is 4.21. The van der Waals surface area contributed by atoms with Gasteiger partial charge in [-0.25, -0.2) is 0 Å². The van der Waals surface area contributed by atoms with E-state index in [1.54, 1.807) is 0 Å². The van der Waals surface area contributed by atoms with E-state index in [4.69, 9.17) is 0 Å². The molecular weight excluding hydrogens is 168 g/mol. The normalized spacial score (nSPS) is 10.0. The van der Waals surface area contributed by atoms with E-state index in [-0.39, 0.29) is 0 Å². The molecule has 0 heteroatoms. The Morgan fingerprint density at radius 3 is 2.29 bits per heavy atom. The van der Waals surface area contributed by atoms with Gasteiger partial charge in [0.1, 0.15) is 0 Å². The lowest BCUT2D eigenvalue weighted by atomic mass is 9.99. The number of allylic oxidation sites excluding steroid dienone is 2. The maximum atomic E-state index is 2.23. The van der Waals surface area contributed by atoms with Crippen LogP contribution in [-0.4, -0.2) is 0 Å². The molecule has 0 amide bonds. The molecule has 0 aromatic heterocycles. The molecule has 76 valence electrons. The van der Waals surface area contributed by atoms with Gasteiger partial charge in [0, 0.05) is 0 Å². The summed E-state index contributed by atoms with van der Waals surface area (Å²) in [4.78, 5) is 0. The van der Waals surface area contributed by atoms with Crippen LogP contribution in [0.4, 0.5) is 0 Å². The van der Waals surface area contributed by atoms with Crippen molar-refractivity contribution in [2.24, 2.45) is 0 Å². The minimum absolute atomic E-state index is 1.17. The summed E-state index contributed by atoms with van der Waals surface area (Å²) in [6.45, 7) is 8.79. The SMILES string of the molecule is CC(C)=C(C)CCc1ccccc1C. The van der Waals surface area contributed by atoms with Crippen LogP contribution in [0.5, 0.6) is 0 Å². The van der Waals surface area contributed by atoms with Crippen molar-refractivity contribution in [2.45, 2.75) is 40.5 Å². The molecule has 0 bridgehead atoms. The second kappa shape index (κ2) is 4.99. The van der Waals surface area contributed by atoms with E-state index < -0.39 is 0 Å². The molecule has 0 fully saturated rings. The average Bonchev–Trinajstić information content (AvgIpc) is 2.16. The third-order valence-electron chi connectivity index (χ3n) is 2.88. The Morgan fingerprint density at radius 2 is 1.71 bits per heavy atom. The molecule has 14 heavy (non-hydrogen) atoms. The molecule has 0 aliphatic heterocycles. The second-order valence-electron chi connectivity index (χ2n) is 4.21. The third-order valence-corrected chi connectivity index (χ3v) is 2.88. The van der Waals surface area contributed by atoms with Gasteiger partial charge in [-0.2, -0.15) is 0 Å². The van der Waals surface area contributed by atoms with Crippen LogP contribution in [0.3, 0.4) is 0 Å². The zero-order valence-electron chi connectivity index (χ0n) is 9.72. The number of benzene rings is 1. The van der Waals surface area contributed by atoms with Crippen LogP contribution in [0, 0.1) is 6.92 Å². The number of aryl methyl sites for hydroxylation is 2. The molecular formula is C14H20. The van der Waals surface area contributed by atoms with Gasteiger partial charge < -0.3 is 0 Å². The van der Waals surface area contributed by atoms with Gasteiger partial charge in [-0.15, -0.1) is 0 Å². The fraction of sp³-hybridized carbons (Fsp3) is 0.429. The lowest BCUT2D eigenvalue weighted by Gasteiger charge is -2.06. The summed E-state index contributed by atoms with van der Waals surface area (Å²) < 4.78 is 0. The molecule has 0 nitrogen and oxygen atoms in total. The molecule has 1 aromatic carbocycles. The fourth-order valence-corrected chi connectivity index (χ4v) is 1.46. The first-order valence-electron chi connectivity index (χ1n) is 5.28. The molecule has 1 rings (SSSR count). The van der Waals surface area contributed by atoms with Crippen LogP contribution in [0.25, 0.3) is 0 Å². The summed E-state index contributed by atoms with van der Waals surface area (Å²) in [5, 5.41) is 0. The molecule has 0 saturated heterocycles. The van der Waals surface area contributed by atoms with Gasteiger partial charge in [0.15, 0.2) is 0 Å². The molecule has 0 aliphatic carbocycles. The standard InChI is InChI=1S/C14H20/c1-11(2)12(3)9-10-14-8-6-5-7-13(14)4/h5-8H,9-10H2,1-4H3. The van der Waals surface area contributed by atoms with Crippen molar-refractivity contribution < 1.29 is 0 Å². The van der Waals surface area contributed by atoms with E-state index in [0.29, 0.717) is 0 Å². The predicted molar refractivity (Wildman–Crippen MR) is 63.5 cm³/mol. The monoisotopic (exact) mass is 188 g/mol. The highest BCUT2D eigenvalue weighted by atomic mass is 14.0. The summed E-state index contributed by atoms with van der Waals surface area (Å²) in [6.07, 6.45) is 2.36. The summed E-state index contributed by atoms with van der Waals surface area (Å²) >= 11 is 0. The van der Waals surface area contributed by atoms with Crippen molar-refractivity contribution in [1.29, 1.82) is 0 Å². The Morgan fingerprint density at radius 1 is 1.07 bits per heavy atom. The van der Waals surface area contributed by atoms with Crippen molar-refractivity contribution >= 4 is 0 Å². The van der Waals surface area contributed by atoms with Crippen LogP contribution < -0.4 is 0 Å². The lowest BCUT2D eigenvalue weighted by Crippen LogP contribution is -1.91. The van der Waals surface area contributed by atoms with Crippen molar-refractivity contribution in [1.82, 2.24) is 0 Å². The van der Waals surface area contributed by atoms with Gasteiger partial charge in [-0.3, -0.25) is 0 Å². The first kappa shape index (κ1) is 11.0. The maximum absolute atomic E-state index is 2.23. The predicted octanol–water partition coefficient (Wildman–Crippen LogP) is 4.28. The van der Waals surface area contributed by atoms with Gasteiger partial charge >= 0.3 is 0 Å². The van der Waals surface area contributed by atoms with Crippen LogP contribution in [0.1, 0.15) is 38.3 Å². The molecule has 0 aliphatic rings. The first-order chi connectivity index (χ1) is 6.61. The number of hydrogen-bond donors (Lipinski definition) is 0.